The van der Waals surface area contributed by atoms with E-state index in [-0.39, 0.29) is 10.6 Å². The number of carbonyl (C=O) groups excluding carboxylic acids is 1. The molecule has 1 unspecified atom stereocenters. The van der Waals surface area contributed by atoms with Gasteiger partial charge in [0.2, 0.25) is 0 Å². The number of hydrogen-bond donors (Lipinski definition) is 0. The fourth-order valence-corrected chi connectivity index (χ4v) is 2.23. The molecule has 0 aliphatic carbocycles. The van der Waals surface area contributed by atoms with Gasteiger partial charge in [0, 0.05) is 4.47 Å². The van der Waals surface area contributed by atoms with Crippen molar-refractivity contribution in [3.63, 3.8) is 0 Å². The van der Waals surface area contributed by atoms with Gasteiger partial charge in [0.05, 0.1) is 16.7 Å². The van der Waals surface area contributed by atoms with Crippen LogP contribution in [-0.2, 0) is 0 Å². The number of benzene rings is 2. The third-order valence-corrected chi connectivity index (χ3v) is 3.63. The maximum Gasteiger partial charge on any atom is 0.187 e. The lowest BCUT2D eigenvalue weighted by atomic mass is 9.92. The van der Waals surface area contributed by atoms with Gasteiger partial charge in [0.25, 0.3) is 0 Å². The molecule has 0 aliphatic heterocycles. The zero-order valence-electron chi connectivity index (χ0n) is 10.1. The molecule has 2 aromatic rings. The van der Waals surface area contributed by atoms with Crippen LogP contribution in [-0.4, -0.2) is 5.78 Å². The molecule has 100 valence electrons. The predicted molar refractivity (Wildman–Crippen MR) is 78.2 cm³/mol. The van der Waals surface area contributed by atoms with Gasteiger partial charge in [0.1, 0.15) is 5.92 Å². The predicted octanol–water partition coefficient (Wildman–Crippen LogP) is 4.73. The van der Waals surface area contributed by atoms with E-state index in [0.29, 0.717) is 5.56 Å². The Bertz CT molecular complexity index is 694. The second-order valence-electron chi connectivity index (χ2n) is 4.08. The van der Waals surface area contributed by atoms with E-state index in [1.54, 1.807) is 24.3 Å². The molecule has 0 heterocycles. The molecule has 5 heteroatoms. The summed E-state index contributed by atoms with van der Waals surface area (Å²) in [5.74, 6) is -2.46. The average Bonchev–Trinajstić information content (AvgIpc) is 2.44. The molecule has 0 fully saturated rings. The zero-order valence-corrected chi connectivity index (χ0v) is 12.5. The lowest BCUT2D eigenvalue weighted by Gasteiger charge is -2.10. The molecule has 2 nitrogen and oxygen atoms in total. The number of hydrogen-bond acceptors (Lipinski definition) is 2. The third kappa shape index (κ3) is 2.90. The summed E-state index contributed by atoms with van der Waals surface area (Å²) in [6, 6.07) is 12.8. The maximum absolute atomic E-state index is 13.9. The summed E-state index contributed by atoms with van der Waals surface area (Å²) in [5.41, 5.74) is 0.340. The standard InChI is InChI=1S/C15H8BrClFNO/c16-10-6-4-9(5-7-10)12(8-19)15(20)11-2-1-3-13(17)14(11)18/h1-7,12H. The highest BCUT2D eigenvalue weighted by atomic mass is 79.9. The Labute approximate surface area is 128 Å². The molecule has 2 aromatic carbocycles. The smallest absolute Gasteiger partial charge is 0.187 e. The van der Waals surface area contributed by atoms with Gasteiger partial charge in [-0.15, -0.1) is 0 Å². The number of carbonyl (C=O) groups is 1. The van der Waals surface area contributed by atoms with Crippen LogP contribution in [0.25, 0.3) is 0 Å². The van der Waals surface area contributed by atoms with E-state index < -0.39 is 17.5 Å². The minimum Gasteiger partial charge on any atom is -0.292 e. The van der Waals surface area contributed by atoms with Gasteiger partial charge in [-0.05, 0) is 29.8 Å². The summed E-state index contributed by atoms with van der Waals surface area (Å²) in [7, 11) is 0. The summed E-state index contributed by atoms with van der Waals surface area (Å²) in [6.07, 6.45) is 0. The van der Waals surface area contributed by atoms with Crippen molar-refractivity contribution >= 4 is 33.3 Å². The highest BCUT2D eigenvalue weighted by Gasteiger charge is 2.25. The number of rotatable bonds is 3. The van der Waals surface area contributed by atoms with Crippen molar-refractivity contribution in [3.8, 4) is 6.07 Å². The molecular weight excluding hydrogens is 345 g/mol. The molecule has 0 spiro atoms. The summed E-state index contributed by atoms with van der Waals surface area (Å²) in [4.78, 5) is 12.3. The number of Topliss-reactive ketones (excluding diaryl/α,β-unsaturated/α-hetero) is 1. The van der Waals surface area contributed by atoms with E-state index in [1.807, 2.05) is 6.07 Å². The van der Waals surface area contributed by atoms with E-state index in [0.717, 1.165) is 4.47 Å². The molecule has 0 bridgehead atoms. The van der Waals surface area contributed by atoms with Crippen LogP contribution in [0.3, 0.4) is 0 Å². The Morgan fingerprint density at radius 2 is 1.90 bits per heavy atom. The van der Waals surface area contributed by atoms with Crippen LogP contribution < -0.4 is 0 Å². The number of nitriles is 1. The Hall–Kier alpha value is -1.70. The molecule has 0 saturated heterocycles. The molecule has 0 saturated carbocycles. The monoisotopic (exact) mass is 351 g/mol. The third-order valence-electron chi connectivity index (χ3n) is 2.81. The summed E-state index contributed by atoms with van der Waals surface area (Å²) in [6.45, 7) is 0. The van der Waals surface area contributed by atoms with Gasteiger partial charge in [-0.25, -0.2) is 4.39 Å². The molecule has 0 N–H and O–H groups in total. The first-order valence-corrected chi connectivity index (χ1v) is 6.85. The van der Waals surface area contributed by atoms with Crippen molar-refractivity contribution in [1.29, 1.82) is 5.26 Å². The van der Waals surface area contributed by atoms with E-state index >= 15 is 0 Å². The minimum atomic E-state index is -1.06. The van der Waals surface area contributed by atoms with Crippen molar-refractivity contribution in [2.24, 2.45) is 0 Å². The quantitative estimate of drug-likeness (QED) is 0.749. The molecule has 0 amide bonds. The van der Waals surface area contributed by atoms with Gasteiger partial charge < -0.3 is 0 Å². The van der Waals surface area contributed by atoms with Crippen LogP contribution in [0, 0.1) is 17.1 Å². The molecule has 0 aliphatic rings. The normalized spacial score (nSPS) is 11.7. The van der Waals surface area contributed by atoms with E-state index in [1.165, 1.54) is 18.2 Å². The molecule has 2 rings (SSSR count). The first-order valence-electron chi connectivity index (χ1n) is 5.68. The van der Waals surface area contributed by atoms with Crippen LogP contribution in [0.15, 0.2) is 46.9 Å². The van der Waals surface area contributed by atoms with Gasteiger partial charge in [0.15, 0.2) is 11.6 Å². The van der Waals surface area contributed by atoms with Gasteiger partial charge in [-0.2, -0.15) is 5.26 Å². The maximum atomic E-state index is 13.9. The Balaban J connectivity index is 2.42. The Kier molecular flexibility index (Phi) is 4.53. The fraction of sp³-hybridized carbons (Fsp3) is 0.0667. The number of nitrogens with zero attached hydrogens (tertiary/aromatic N) is 1. The van der Waals surface area contributed by atoms with Gasteiger partial charge >= 0.3 is 0 Å². The van der Waals surface area contributed by atoms with E-state index in [2.05, 4.69) is 15.9 Å². The molecule has 20 heavy (non-hydrogen) atoms. The lowest BCUT2D eigenvalue weighted by Crippen LogP contribution is -2.13. The van der Waals surface area contributed by atoms with Crippen LogP contribution in [0.1, 0.15) is 21.8 Å². The Morgan fingerprint density at radius 1 is 1.25 bits per heavy atom. The van der Waals surface area contributed by atoms with Crippen molar-refractivity contribution in [1.82, 2.24) is 0 Å². The van der Waals surface area contributed by atoms with Crippen LogP contribution in [0.4, 0.5) is 4.39 Å². The summed E-state index contributed by atoms with van der Waals surface area (Å²) in [5, 5.41) is 9.07. The molecule has 0 radical (unpaired) electrons. The second-order valence-corrected chi connectivity index (χ2v) is 5.40. The minimum absolute atomic E-state index is 0.136. The van der Waals surface area contributed by atoms with Crippen molar-refractivity contribution < 1.29 is 9.18 Å². The second kappa shape index (κ2) is 6.17. The van der Waals surface area contributed by atoms with Crippen LogP contribution in [0.2, 0.25) is 5.02 Å². The lowest BCUT2D eigenvalue weighted by molar-refractivity contribution is 0.0975. The number of halogens is 3. The molecular formula is C15H8BrClFNO. The first-order chi connectivity index (χ1) is 9.54. The van der Waals surface area contributed by atoms with Crippen LogP contribution in [0.5, 0.6) is 0 Å². The van der Waals surface area contributed by atoms with Crippen LogP contribution >= 0.6 is 27.5 Å². The molecule has 0 aromatic heterocycles. The van der Waals surface area contributed by atoms with Crippen molar-refractivity contribution in [2.75, 3.05) is 0 Å². The highest BCUT2D eigenvalue weighted by Crippen LogP contribution is 2.26. The summed E-state index contributed by atoms with van der Waals surface area (Å²) >= 11 is 8.93. The fourth-order valence-electron chi connectivity index (χ4n) is 1.79. The number of ketones is 1. The average molecular weight is 353 g/mol. The van der Waals surface area contributed by atoms with Crippen molar-refractivity contribution in [2.45, 2.75) is 5.92 Å². The zero-order chi connectivity index (χ0) is 14.7. The largest absolute Gasteiger partial charge is 0.292 e. The van der Waals surface area contributed by atoms with Gasteiger partial charge in [-0.3, -0.25) is 4.79 Å². The first kappa shape index (κ1) is 14.7. The SMILES string of the molecule is N#CC(C(=O)c1cccc(Cl)c1F)c1ccc(Br)cc1. The highest BCUT2D eigenvalue weighted by molar-refractivity contribution is 9.10. The van der Waals surface area contributed by atoms with Crippen molar-refractivity contribution in [3.05, 3.63) is 68.9 Å². The van der Waals surface area contributed by atoms with Gasteiger partial charge in [-0.1, -0.05) is 45.7 Å². The molecule has 1 atom stereocenters. The Morgan fingerprint density at radius 3 is 2.50 bits per heavy atom. The van der Waals surface area contributed by atoms with E-state index in [4.69, 9.17) is 11.6 Å². The topological polar surface area (TPSA) is 40.9 Å². The van der Waals surface area contributed by atoms with E-state index in [9.17, 15) is 14.4 Å². The summed E-state index contributed by atoms with van der Waals surface area (Å²) < 4.78 is 14.7.